The molecule has 2 heterocycles. The number of carbonyl (C=O) groups excluding carboxylic acids is 1. The largest absolute Gasteiger partial charge is 0.450 e. The van der Waals surface area contributed by atoms with E-state index in [1.54, 1.807) is 35.2 Å². The molecule has 0 N–H and O–H groups in total. The fraction of sp³-hybridized carbons (Fsp3) is 0.154. The lowest BCUT2D eigenvalue weighted by atomic mass is 9.98. The fourth-order valence-electron chi connectivity index (χ4n) is 4.22. The molecule has 1 atom stereocenters. The van der Waals surface area contributed by atoms with Crippen molar-refractivity contribution >= 4 is 40.1 Å². The summed E-state index contributed by atoms with van der Waals surface area (Å²) in [5, 5.41) is 1.23. The van der Waals surface area contributed by atoms with Crippen LogP contribution in [0.25, 0.3) is 11.0 Å². The van der Waals surface area contributed by atoms with Gasteiger partial charge in [0.25, 0.3) is 5.91 Å². The third kappa shape index (κ3) is 3.40. The highest BCUT2D eigenvalue weighted by atomic mass is 35.5. The Bertz CT molecular complexity index is 1440. The van der Waals surface area contributed by atoms with E-state index in [1.165, 1.54) is 0 Å². The first-order valence-electron chi connectivity index (χ1n) is 10.2. The van der Waals surface area contributed by atoms with Crippen LogP contribution in [-0.2, 0) is 6.54 Å². The van der Waals surface area contributed by atoms with Crippen LogP contribution in [0.15, 0.2) is 69.9 Å². The van der Waals surface area contributed by atoms with Gasteiger partial charge in [-0.3, -0.25) is 9.59 Å². The third-order valence-electron chi connectivity index (χ3n) is 5.85. The number of amides is 1. The average Bonchev–Trinajstić information content (AvgIpc) is 3.04. The van der Waals surface area contributed by atoms with E-state index >= 15 is 0 Å². The maximum atomic E-state index is 13.6. The van der Waals surface area contributed by atoms with Crippen molar-refractivity contribution in [3.8, 4) is 0 Å². The molecule has 0 aliphatic carbocycles. The Morgan fingerprint density at radius 3 is 2.31 bits per heavy atom. The van der Waals surface area contributed by atoms with E-state index < -0.39 is 6.04 Å². The molecule has 0 saturated carbocycles. The standard InChI is InChI=1S/C26H19Cl2NO3/c1-14-3-6-16(7-4-14)13-29-23(17-8-9-19(27)20(28)12-17)22-24(30)18-11-15(2)5-10-21(18)32-25(22)26(29)31/h3-12,23H,13H2,1-2H3/t23-/m0/s1. The van der Waals surface area contributed by atoms with E-state index in [1.807, 2.05) is 44.2 Å². The van der Waals surface area contributed by atoms with Crippen LogP contribution >= 0.6 is 23.2 Å². The highest BCUT2D eigenvalue weighted by molar-refractivity contribution is 6.42. The third-order valence-corrected chi connectivity index (χ3v) is 6.59. The number of hydrogen-bond acceptors (Lipinski definition) is 3. The minimum atomic E-state index is -0.630. The van der Waals surface area contributed by atoms with Crippen molar-refractivity contribution in [2.24, 2.45) is 0 Å². The van der Waals surface area contributed by atoms with E-state index in [4.69, 9.17) is 27.6 Å². The Morgan fingerprint density at radius 2 is 1.59 bits per heavy atom. The molecule has 0 spiro atoms. The lowest BCUT2D eigenvalue weighted by molar-refractivity contribution is 0.0714. The van der Waals surface area contributed by atoms with Crippen molar-refractivity contribution in [2.75, 3.05) is 0 Å². The van der Waals surface area contributed by atoms with Crippen molar-refractivity contribution in [1.29, 1.82) is 0 Å². The summed E-state index contributed by atoms with van der Waals surface area (Å²) in [5.41, 5.74) is 4.26. The van der Waals surface area contributed by atoms with Gasteiger partial charge in [0.05, 0.1) is 27.0 Å². The van der Waals surface area contributed by atoms with Gasteiger partial charge in [-0.05, 0) is 49.2 Å². The molecule has 0 fully saturated rings. The molecule has 6 heteroatoms. The van der Waals surface area contributed by atoms with E-state index in [0.29, 0.717) is 38.7 Å². The van der Waals surface area contributed by atoms with E-state index in [9.17, 15) is 9.59 Å². The number of fused-ring (bicyclic) bond motifs is 2. The van der Waals surface area contributed by atoms with E-state index in [-0.39, 0.29) is 17.1 Å². The molecule has 0 radical (unpaired) electrons. The van der Waals surface area contributed by atoms with Crippen LogP contribution < -0.4 is 5.43 Å². The summed E-state index contributed by atoms with van der Waals surface area (Å²) >= 11 is 12.4. The maximum Gasteiger partial charge on any atom is 0.291 e. The number of hydrogen-bond donors (Lipinski definition) is 0. The molecule has 0 saturated heterocycles. The summed E-state index contributed by atoms with van der Waals surface area (Å²) in [7, 11) is 0. The van der Waals surface area contributed by atoms with Gasteiger partial charge in [0, 0.05) is 6.54 Å². The van der Waals surface area contributed by atoms with E-state index in [0.717, 1.165) is 16.7 Å². The number of aryl methyl sites for hydroxylation is 2. The highest BCUT2D eigenvalue weighted by Gasteiger charge is 2.42. The molecule has 1 aromatic heterocycles. The van der Waals surface area contributed by atoms with Crippen molar-refractivity contribution in [1.82, 2.24) is 4.90 Å². The summed E-state index contributed by atoms with van der Waals surface area (Å²) in [4.78, 5) is 28.8. The Hall–Kier alpha value is -3.08. The zero-order valence-electron chi connectivity index (χ0n) is 17.5. The minimum Gasteiger partial charge on any atom is -0.450 e. The average molecular weight is 464 g/mol. The smallest absolute Gasteiger partial charge is 0.291 e. The molecular formula is C26H19Cl2NO3. The Kier molecular flexibility index (Phi) is 5.07. The molecule has 5 rings (SSSR count). The van der Waals surface area contributed by atoms with E-state index in [2.05, 4.69) is 0 Å². The van der Waals surface area contributed by atoms with Crippen LogP contribution in [0.4, 0.5) is 0 Å². The van der Waals surface area contributed by atoms with Gasteiger partial charge in [-0.1, -0.05) is 70.7 Å². The molecule has 1 amide bonds. The predicted octanol–water partition coefficient (Wildman–Crippen LogP) is 6.46. The van der Waals surface area contributed by atoms with Crippen molar-refractivity contribution < 1.29 is 9.21 Å². The zero-order chi connectivity index (χ0) is 22.6. The van der Waals surface area contributed by atoms with Gasteiger partial charge < -0.3 is 9.32 Å². The molecule has 32 heavy (non-hydrogen) atoms. The van der Waals surface area contributed by atoms with Crippen LogP contribution in [0, 0.1) is 13.8 Å². The molecular weight excluding hydrogens is 445 g/mol. The summed E-state index contributed by atoms with van der Waals surface area (Å²) in [6.07, 6.45) is 0. The summed E-state index contributed by atoms with van der Waals surface area (Å²) < 4.78 is 5.99. The number of benzene rings is 3. The normalized spacial score (nSPS) is 15.4. The van der Waals surface area contributed by atoms with Crippen molar-refractivity contribution in [2.45, 2.75) is 26.4 Å². The first-order valence-corrected chi connectivity index (χ1v) is 11.0. The number of nitrogens with zero attached hydrogens (tertiary/aromatic N) is 1. The number of halogens is 2. The second-order valence-electron chi connectivity index (χ2n) is 8.17. The van der Waals surface area contributed by atoms with Crippen molar-refractivity contribution in [3.05, 3.63) is 115 Å². The zero-order valence-corrected chi connectivity index (χ0v) is 19.0. The summed E-state index contributed by atoms with van der Waals surface area (Å²) in [5.74, 6) is -0.245. The minimum absolute atomic E-state index is 0.0783. The van der Waals surface area contributed by atoms with Crippen molar-refractivity contribution in [3.63, 3.8) is 0 Å². The molecule has 0 bridgehead atoms. The van der Waals surface area contributed by atoms with Crippen LogP contribution in [0.3, 0.4) is 0 Å². The van der Waals surface area contributed by atoms with Gasteiger partial charge in [-0.15, -0.1) is 0 Å². The van der Waals surface area contributed by atoms with Gasteiger partial charge in [-0.25, -0.2) is 0 Å². The van der Waals surface area contributed by atoms with Crippen LogP contribution in [0.2, 0.25) is 10.0 Å². The quantitative estimate of drug-likeness (QED) is 0.350. The van der Waals surface area contributed by atoms with Gasteiger partial charge in [0.15, 0.2) is 5.43 Å². The monoisotopic (exact) mass is 463 g/mol. The first kappa shape index (κ1) is 20.8. The first-order chi connectivity index (χ1) is 15.3. The Morgan fingerprint density at radius 1 is 0.875 bits per heavy atom. The SMILES string of the molecule is Cc1ccc(CN2C(=O)c3oc4ccc(C)cc4c(=O)c3[C@@H]2c2ccc(Cl)c(Cl)c2)cc1. The molecule has 1 aliphatic rings. The second kappa shape index (κ2) is 7.80. The maximum absolute atomic E-state index is 13.6. The predicted molar refractivity (Wildman–Crippen MR) is 127 cm³/mol. The highest BCUT2D eigenvalue weighted by Crippen LogP contribution is 2.40. The Labute approximate surface area is 195 Å². The topological polar surface area (TPSA) is 50.5 Å². The molecule has 1 aliphatic heterocycles. The summed E-state index contributed by atoms with van der Waals surface area (Å²) in [6.45, 7) is 4.25. The number of rotatable bonds is 3. The fourth-order valence-corrected chi connectivity index (χ4v) is 4.52. The Balaban J connectivity index is 1.73. The van der Waals surface area contributed by atoms with Gasteiger partial charge >= 0.3 is 0 Å². The molecule has 0 unspecified atom stereocenters. The molecule has 160 valence electrons. The number of carbonyl (C=O) groups is 1. The van der Waals surface area contributed by atoms with Gasteiger partial charge in [0.2, 0.25) is 5.76 Å². The van der Waals surface area contributed by atoms with Crippen LogP contribution in [-0.4, -0.2) is 10.8 Å². The lowest BCUT2D eigenvalue weighted by Crippen LogP contribution is -2.29. The van der Waals surface area contributed by atoms with Gasteiger partial charge in [-0.2, -0.15) is 0 Å². The van der Waals surface area contributed by atoms with Crippen LogP contribution in [0.5, 0.6) is 0 Å². The molecule has 3 aromatic carbocycles. The second-order valence-corrected chi connectivity index (χ2v) is 8.98. The summed E-state index contributed by atoms with van der Waals surface area (Å²) in [6, 6.07) is 17.9. The lowest BCUT2D eigenvalue weighted by Gasteiger charge is -2.25. The van der Waals surface area contributed by atoms with Crippen LogP contribution in [0.1, 0.15) is 44.4 Å². The molecule has 4 aromatic rings. The van der Waals surface area contributed by atoms with Gasteiger partial charge in [0.1, 0.15) is 5.58 Å². The molecule has 4 nitrogen and oxygen atoms in total.